The number of nitro benzene ring substituents is 1. The van der Waals surface area contributed by atoms with Gasteiger partial charge < -0.3 is 0 Å². The monoisotopic (exact) mass is 316 g/mol. The van der Waals surface area contributed by atoms with E-state index in [-0.39, 0.29) is 16.0 Å². The van der Waals surface area contributed by atoms with Crippen molar-refractivity contribution >= 4 is 15.7 Å². The summed E-state index contributed by atoms with van der Waals surface area (Å²) in [5, 5.41) is 10.9. The Labute approximate surface area is 122 Å². The number of nitrogens with zero attached hydrogens (tertiary/aromatic N) is 1. The molecule has 0 saturated heterocycles. The van der Waals surface area contributed by atoms with Crippen LogP contribution in [0, 0.1) is 29.8 Å². The van der Waals surface area contributed by atoms with Crippen LogP contribution in [-0.4, -0.2) is 18.9 Å². The molecule has 0 atom stereocenters. The van der Waals surface area contributed by atoms with Gasteiger partial charge in [-0.1, -0.05) is 0 Å². The number of nitrogens with one attached hydrogen (secondary N) is 1. The number of aryl methyl sites for hydroxylation is 1. The zero-order valence-electron chi connectivity index (χ0n) is 12.1. The average molecular weight is 316 g/mol. The van der Waals surface area contributed by atoms with Gasteiger partial charge in [0.05, 0.1) is 15.4 Å². The van der Waals surface area contributed by atoms with E-state index in [4.69, 9.17) is 0 Å². The van der Waals surface area contributed by atoms with Crippen LogP contribution in [0.25, 0.3) is 0 Å². The Kier molecular flexibility index (Phi) is 3.79. The summed E-state index contributed by atoms with van der Waals surface area (Å²) < 4.78 is 41.3. The molecule has 0 bridgehead atoms. The van der Waals surface area contributed by atoms with E-state index in [0.29, 0.717) is 12.8 Å². The molecule has 1 aromatic carbocycles. The van der Waals surface area contributed by atoms with Gasteiger partial charge in [-0.05, 0) is 51.7 Å². The van der Waals surface area contributed by atoms with Crippen molar-refractivity contribution in [3.63, 3.8) is 0 Å². The zero-order valence-corrected chi connectivity index (χ0v) is 12.9. The van der Waals surface area contributed by atoms with E-state index in [1.807, 2.05) is 0 Å². The highest BCUT2D eigenvalue weighted by Gasteiger charge is 2.38. The molecule has 1 fully saturated rings. The number of sulfonamides is 1. The van der Waals surface area contributed by atoms with Crippen molar-refractivity contribution in [2.75, 3.05) is 0 Å². The molecule has 0 radical (unpaired) electrons. The predicted molar refractivity (Wildman–Crippen MR) is 75.1 cm³/mol. The number of halogens is 1. The summed E-state index contributed by atoms with van der Waals surface area (Å²) in [4.78, 5) is 9.84. The fraction of sp³-hybridized carbons (Fsp3) is 0.538. The standard InChI is InChI=1S/C13H17FN2O4S/c1-8-7-10(14)11(16(17)18)9(2)12(8)21(19,20)15-13(3)5-4-6-13/h7,15H,4-6H2,1-3H3. The second-order valence-electron chi connectivity index (χ2n) is 5.75. The third-order valence-corrected chi connectivity index (χ3v) is 5.84. The third kappa shape index (κ3) is 2.77. The second-order valence-corrected chi connectivity index (χ2v) is 7.37. The predicted octanol–water partition coefficient (Wildman–Crippen LogP) is 2.57. The molecule has 2 rings (SSSR count). The first-order chi connectivity index (χ1) is 9.57. The highest BCUT2D eigenvalue weighted by atomic mass is 32.2. The molecule has 0 aliphatic heterocycles. The van der Waals surface area contributed by atoms with E-state index in [0.717, 1.165) is 12.5 Å². The first-order valence-electron chi connectivity index (χ1n) is 6.55. The maximum absolute atomic E-state index is 13.7. The van der Waals surface area contributed by atoms with Crippen LogP contribution in [0.4, 0.5) is 10.1 Å². The Balaban J connectivity index is 2.58. The van der Waals surface area contributed by atoms with Crippen LogP contribution >= 0.6 is 0 Å². The number of hydrogen-bond donors (Lipinski definition) is 1. The molecule has 0 amide bonds. The summed E-state index contributed by atoms with van der Waals surface area (Å²) in [6.07, 6.45) is 2.36. The van der Waals surface area contributed by atoms with Crippen LogP contribution in [0.5, 0.6) is 0 Å². The largest absolute Gasteiger partial charge is 0.309 e. The van der Waals surface area contributed by atoms with Crippen LogP contribution in [0.3, 0.4) is 0 Å². The Morgan fingerprint density at radius 1 is 1.38 bits per heavy atom. The van der Waals surface area contributed by atoms with Gasteiger partial charge in [-0.3, -0.25) is 10.1 Å². The summed E-state index contributed by atoms with van der Waals surface area (Å²) in [7, 11) is -3.93. The van der Waals surface area contributed by atoms with Gasteiger partial charge in [0, 0.05) is 5.54 Å². The molecule has 0 aromatic heterocycles. The Bertz CT molecular complexity index is 711. The normalized spacial score (nSPS) is 17.3. The Morgan fingerprint density at radius 2 is 1.95 bits per heavy atom. The number of nitro groups is 1. The zero-order chi connectivity index (χ0) is 16.0. The lowest BCUT2D eigenvalue weighted by molar-refractivity contribution is -0.388. The first kappa shape index (κ1) is 15.8. The van der Waals surface area contributed by atoms with Gasteiger partial charge >= 0.3 is 5.69 Å². The van der Waals surface area contributed by atoms with Gasteiger partial charge in [0.25, 0.3) is 0 Å². The molecule has 0 unspecified atom stereocenters. The Morgan fingerprint density at radius 3 is 2.38 bits per heavy atom. The summed E-state index contributed by atoms with van der Waals surface area (Å²) in [6.45, 7) is 4.47. The first-order valence-corrected chi connectivity index (χ1v) is 8.04. The summed E-state index contributed by atoms with van der Waals surface area (Å²) in [5.74, 6) is -1.02. The lowest BCUT2D eigenvalue weighted by atomic mass is 9.80. The highest BCUT2D eigenvalue weighted by Crippen LogP contribution is 2.35. The van der Waals surface area contributed by atoms with E-state index < -0.39 is 32.0 Å². The third-order valence-electron chi connectivity index (χ3n) is 3.91. The summed E-state index contributed by atoms with van der Waals surface area (Å²) in [6, 6.07) is 0.892. The summed E-state index contributed by atoms with van der Waals surface area (Å²) in [5.41, 5.74) is -1.33. The van der Waals surface area contributed by atoms with Gasteiger partial charge in [0.1, 0.15) is 0 Å². The molecule has 1 aromatic rings. The minimum absolute atomic E-state index is 0.158. The quantitative estimate of drug-likeness (QED) is 0.683. The minimum Gasteiger partial charge on any atom is -0.258 e. The Hall–Kier alpha value is -1.54. The number of hydrogen-bond acceptors (Lipinski definition) is 4. The van der Waals surface area contributed by atoms with Crippen LogP contribution in [-0.2, 0) is 10.0 Å². The van der Waals surface area contributed by atoms with Gasteiger partial charge in [0.15, 0.2) is 0 Å². The molecule has 1 aliphatic carbocycles. The number of benzene rings is 1. The van der Waals surface area contributed by atoms with Crippen molar-refractivity contribution in [3.8, 4) is 0 Å². The fourth-order valence-corrected chi connectivity index (χ4v) is 4.67. The van der Waals surface area contributed by atoms with Crippen LogP contribution < -0.4 is 4.72 Å². The van der Waals surface area contributed by atoms with E-state index in [1.54, 1.807) is 6.92 Å². The van der Waals surface area contributed by atoms with Crippen molar-refractivity contribution in [1.29, 1.82) is 0 Å². The van der Waals surface area contributed by atoms with E-state index in [1.165, 1.54) is 13.8 Å². The molecule has 1 saturated carbocycles. The molecule has 1 N–H and O–H groups in total. The topological polar surface area (TPSA) is 89.3 Å². The highest BCUT2D eigenvalue weighted by molar-refractivity contribution is 7.89. The number of rotatable bonds is 4. The minimum atomic E-state index is -3.93. The smallest absolute Gasteiger partial charge is 0.258 e. The maximum atomic E-state index is 13.7. The lowest BCUT2D eigenvalue weighted by Gasteiger charge is -2.38. The SMILES string of the molecule is Cc1cc(F)c([N+](=O)[O-])c(C)c1S(=O)(=O)NC1(C)CCC1. The average Bonchev–Trinajstić information content (AvgIpc) is 2.23. The lowest BCUT2D eigenvalue weighted by Crippen LogP contribution is -2.51. The van der Waals surface area contributed by atoms with Gasteiger partial charge in [-0.2, -0.15) is 4.39 Å². The van der Waals surface area contributed by atoms with Crippen molar-refractivity contribution in [2.24, 2.45) is 0 Å². The van der Waals surface area contributed by atoms with Crippen molar-refractivity contribution < 1.29 is 17.7 Å². The molecule has 6 nitrogen and oxygen atoms in total. The molecule has 1 aliphatic rings. The molecule has 116 valence electrons. The molecular weight excluding hydrogens is 299 g/mol. The summed E-state index contributed by atoms with van der Waals surface area (Å²) >= 11 is 0. The van der Waals surface area contributed by atoms with Crippen molar-refractivity contribution in [3.05, 3.63) is 33.1 Å². The van der Waals surface area contributed by atoms with Gasteiger partial charge in [-0.25, -0.2) is 13.1 Å². The van der Waals surface area contributed by atoms with Gasteiger partial charge in [0.2, 0.25) is 15.8 Å². The van der Waals surface area contributed by atoms with Gasteiger partial charge in [-0.15, -0.1) is 0 Å². The van der Waals surface area contributed by atoms with Crippen molar-refractivity contribution in [1.82, 2.24) is 4.72 Å². The van der Waals surface area contributed by atoms with Crippen LogP contribution in [0.1, 0.15) is 37.3 Å². The van der Waals surface area contributed by atoms with E-state index in [2.05, 4.69) is 4.72 Å². The molecule has 8 heteroatoms. The van der Waals surface area contributed by atoms with Crippen LogP contribution in [0.2, 0.25) is 0 Å². The van der Waals surface area contributed by atoms with Crippen LogP contribution in [0.15, 0.2) is 11.0 Å². The van der Waals surface area contributed by atoms with E-state index >= 15 is 0 Å². The maximum Gasteiger partial charge on any atom is 0.309 e. The van der Waals surface area contributed by atoms with E-state index in [9.17, 15) is 22.9 Å². The van der Waals surface area contributed by atoms with Crippen molar-refractivity contribution in [2.45, 2.75) is 50.5 Å². The fourth-order valence-electron chi connectivity index (χ4n) is 2.73. The molecule has 0 heterocycles. The molecule has 21 heavy (non-hydrogen) atoms. The second kappa shape index (κ2) is 5.03. The molecular formula is C13H17FN2O4S. The molecule has 0 spiro atoms.